The van der Waals surface area contributed by atoms with Crippen LogP contribution in [0.25, 0.3) is 0 Å². The lowest BCUT2D eigenvalue weighted by atomic mass is 9.80. The van der Waals surface area contributed by atoms with Crippen molar-refractivity contribution in [1.29, 1.82) is 0 Å². The molecule has 1 aliphatic carbocycles. The Bertz CT molecular complexity index is 233. The SMILES string of the molecule is CC1C([N+](=O)[O-])CC(N)CC1[N+](=O)[O-]. The summed E-state index contributed by atoms with van der Waals surface area (Å²) in [5.74, 6) is -0.542. The number of nitrogens with zero attached hydrogens (tertiary/aromatic N) is 2. The standard InChI is InChI=1S/C7H13N3O4/c1-4-6(9(11)12)2-5(8)3-7(4)10(13)14/h4-7H,2-3,8H2,1H3. The lowest BCUT2D eigenvalue weighted by Crippen LogP contribution is -2.50. The quantitative estimate of drug-likeness (QED) is 0.502. The molecule has 0 aliphatic heterocycles. The van der Waals surface area contributed by atoms with E-state index < -0.39 is 33.9 Å². The van der Waals surface area contributed by atoms with Gasteiger partial charge < -0.3 is 5.73 Å². The van der Waals surface area contributed by atoms with Gasteiger partial charge in [-0.15, -0.1) is 0 Å². The molecule has 0 bridgehead atoms. The smallest absolute Gasteiger partial charge is 0.223 e. The number of rotatable bonds is 2. The van der Waals surface area contributed by atoms with Gasteiger partial charge in [-0.1, -0.05) is 0 Å². The molecule has 2 unspecified atom stereocenters. The molecular formula is C7H13N3O4. The third kappa shape index (κ3) is 1.98. The molecule has 2 N–H and O–H groups in total. The molecule has 80 valence electrons. The van der Waals surface area contributed by atoms with Crippen molar-refractivity contribution in [2.45, 2.75) is 37.9 Å². The summed E-state index contributed by atoms with van der Waals surface area (Å²) >= 11 is 0. The maximum Gasteiger partial charge on any atom is 0.223 e. The zero-order valence-electron chi connectivity index (χ0n) is 7.83. The molecule has 1 fully saturated rings. The van der Waals surface area contributed by atoms with Gasteiger partial charge in [-0.2, -0.15) is 0 Å². The molecule has 0 spiro atoms. The van der Waals surface area contributed by atoms with Crippen LogP contribution in [-0.4, -0.2) is 28.0 Å². The van der Waals surface area contributed by atoms with E-state index in [1.165, 1.54) is 0 Å². The van der Waals surface area contributed by atoms with Crippen molar-refractivity contribution in [3.63, 3.8) is 0 Å². The van der Waals surface area contributed by atoms with Gasteiger partial charge in [-0.25, -0.2) is 0 Å². The van der Waals surface area contributed by atoms with E-state index in [4.69, 9.17) is 5.73 Å². The molecule has 0 aromatic heterocycles. The van der Waals surface area contributed by atoms with Gasteiger partial charge in [0.15, 0.2) is 0 Å². The highest BCUT2D eigenvalue weighted by atomic mass is 16.6. The van der Waals surface area contributed by atoms with Gasteiger partial charge in [0.2, 0.25) is 12.1 Å². The third-order valence-corrected chi connectivity index (χ3v) is 2.84. The monoisotopic (exact) mass is 203 g/mol. The molecular weight excluding hydrogens is 190 g/mol. The van der Waals surface area contributed by atoms with Gasteiger partial charge in [-0.3, -0.25) is 20.2 Å². The molecule has 2 atom stereocenters. The first kappa shape index (κ1) is 10.8. The summed E-state index contributed by atoms with van der Waals surface area (Å²) in [6.07, 6.45) is 0.469. The normalized spacial score (nSPS) is 37.9. The van der Waals surface area contributed by atoms with Gasteiger partial charge in [0.1, 0.15) is 0 Å². The van der Waals surface area contributed by atoms with Crippen LogP contribution in [0, 0.1) is 26.1 Å². The van der Waals surface area contributed by atoms with Gasteiger partial charge >= 0.3 is 0 Å². The molecule has 1 rings (SSSR count). The number of nitrogens with two attached hydrogens (primary N) is 1. The molecule has 1 saturated carbocycles. The van der Waals surface area contributed by atoms with E-state index >= 15 is 0 Å². The highest BCUT2D eigenvalue weighted by Gasteiger charge is 2.46. The van der Waals surface area contributed by atoms with E-state index in [1.807, 2.05) is 0 Å². The van der Waals surface area contributed by atoms with Crippen LogP contribution in [0.15, 0.2) is 0 Å². The Labute approximate surface area is 80.6 Å². The van der Waals surface area contributed by atoms with Crippen LogP contribution in [0.5, 0.6) is 0 Å². The predicted octanol–water partition coefficient (Wildman–Crippen LogP) is 0.0342. The molecule has 0 heterocycles. The van der Waals surface area contributed by atoms with Crippen LogP contribution in [0.2, 0.25) is 0 Å². The number of hydrogen-bond donors (Lipinski definition) is 1. The first-order valence-corrected chi connectivity index (χ1v) is 4.46. The highest BCUT2D eigenvalue weighted by molar-refractivity contribution is 4.86. The second-order valence-electron chi connectivity index (χ2n) is 3.80. The summed E-state index contributed by atoms with van der Waals surface area (Å²) in [7, 11) is 0. The van der Waals surface area contributed by atoms with E-state index in [0.29, 0.717) is 0 Å². The van der Waals surface area contributed by atoms with Crippen LogP contribution >= 0.6 is 0 Å². The highest BCUT2D eigenvalue weighted by Crippen LogP contribution is 2.27. The summed E-state index contributed by atoms with van der Waals surface area (Å²) in [5.41, 5.74) is 5.54. The van der Waals surface area contributed by atoms with E-state index in [2.05, 4.69) is 0 Å². The molecule has 0 aromatic carbocycles. The lowest BCUT2D eigenvalue weighted by Gasteiger charge is -2.28. The first-order chi connectivity index (χ1) is 6.43. The van der Waals surface area contributed by atoms with Crippen molar-refractivity contribution in [3.05, 3.63) is 20.2 Å². The Balaban J connectivity index is 2.80. The zero-order chi connectivity index (χ0) is 10.9. The molecule has 14 heavy (non-hydrogen) atoms. The Kier molecular flexibility index (Phi) is 3.00. The fraction of sp³-hybridized carbons (Fsp3) is 1.00. The van der Waals surface area contributed by atoms with Crippen molar-refractivity contribution in [2.24, 2.45) is 11.7 Å². The molecule has 7 heteroatoms. The molecule has 0 radical (unpaired) electrons. The molecule has 1 aliphatic rings. The number of hydrogen-bond acceptors (Lipinski definition) is 5. The Morgan fingerprint density at radius 3 is 1.79 bits per heavy atom. The van der Waals surface area contributed by atoms with Gasteiger partial charge in [0, 0.05) is 28.7 Å². The van der Waals surface area contributed by atoms with Crippen molar-refractivity contribution in [2.75, 3.05) is 0 Å². The Hall–Kier alpha value is -1.24. The molecule has 0 saturated heterocycles. The minimum Gasteiger partial charge on any atom is -0.327 e. The fourth-order valence-corrected chi connectivity index (χ4v) is 1.96. The molecule has 0 aromatic rings. The predicted molar refractivity (Wildman–Crippen MR) is 47.9 cm³/mol. The molecule has 7 nitrogen and oxygen atoms in total. The largest absolute Gasteiger partial charge is 0.327 e. The van der Waals surface area contributed by atoms with E-state index in [9.17, 15) is 20.2 Å². The van der Waals surface area contributed by atoms with Crippen LogP contribution in [-0.2, 0) is 0 Å². The van der Waals surface area contributed by atoms with Crippen molar-refractivity contribution >= 4 is 0 Å². The Morgan fingerprint density at radius 2 is 1.50 bits per heavy atom. The first-order valence-electron chi connectivity index (χ1n) is 4.46. The Morgan fingerprint density at radius 1 is 1.14 bits per heavy atom. The average molecular weight is 203 g/mol. The summed E-state index contributed by atoms with van der Waals surface area (Å²) in [6, 6.07) is -2.19. The zero-order valence-corrected chi connectivity index (χ0v) is 7.83. The van der Waals surface area contributed by atoms with Gasteiger partial charge in [0.05, 0.1) is 5.92 Å². The molecule has 0 amide bonds. The van der Waals surface area contributed by atoms with Crippen molar-refractivity contribution < 1.29 is 9.85 Å². The maximum atomic E-state index is 10.6. The van der Waals surface area contributed by atoms with Crippen LogP contribution in [0.4, 0.5) is 0 Å². The minimum atomic E-state index is -0.880. The lowest BCUT2D eigenvalue weighted by molar-refractivity contribution is -0.582. The third-order valence-electron chi connectivity index (χ3n) is 2.84. The maximum absolute atomic E-state index is 10.6. The van der Waals surface area contributed by atoms with Gasteiger partial charge in [-0.05, 0) is 6.92 Å². The fourth-order valence-electron chi connectivity index (χ4n) is 1.96. The number of nitro groups is 2. The average Bonchev–Trinajstić information content (AvgIpc) is 2.07. The minimum absolute atomic E-state index is 0.235. The summed E-state index contributed by atoms with van der Waals surface area (Å²) < 4.78 is 0. The topological polar surface area (TPSA) is 112 Å². The second-order valence-corrected chi connectivity index (χ2v) is 3.80. The van der Waals surface area contributed by atoms with Crippen molar-refractivity contribution in [1.82, 2.24) is 0 Å². The van der Waals surface area contributed by atoms with Crippen molar-refractivity contribution in [3.8, 4) is 0 Å². The van der Waals surface area contributed by atoms with E-state index in [-0.39, 0.29) is 12.8 Å². The van der Waals surface area contributed by atoms with Crippen LogP contribution < -0.4 is 5.73 Å². The van der Waals surface area contributed by atoms with Crippen LogP contribution in [0.3, 0.4) is 0 Å². The van der Waals surface area contributed by atoms with E-state index in [1.54, 1.807) is 6.92 Å². The summed E-state index contributed by atoms with van der Waals surface area (Å²) in [5, 5.41) is 21.2. The van der Waals surface area contributed by atoms with E-state index in [0.717, 1.165) is 0 Å². The second kappa shape index (κ2) is 3.87. The summed E-state index contributed by atoms with van der Waals surface area (Å²) in [4.78, 5) is 20.3. The van der Waals surface area contributed by atoms with Crippen LogP contribution in [0.1, 0.15) is 19.8 Å². The van der Waals surface area contributed by atoms with Gasteiger partial charge in [0.25, 0.3) is 0 Å². The summed E-state index contributed by atoms with van der Waals surface area (Å²) in [6.45, 7) is 1.55.